The van der Waals surface area contributed by atoms with Gasteiger partial charge in [-0.25, -0.2) is 9.78 Å². The maximum absolute atomic E-state index is 12.4. The van der Waals surface area contributed by atoms with Crippen LogP contribution in [0.4, 0.5) is 0 Å². The molecule has 0 unspecified atom stereocenters. The molecule has 0 saturated carbocycles. The summed E-state index contributed by atoms with van der Waals surface area (Å²) in [6.07, 6.45) is 4.46. The fourth-order valence-corrected chi connectivity index (χ4v) is 3.12. The van der Waals surface area contributed by atoms with Crippen molar-refractivity contribution in [2.24, 2.45) is 0 Å². The number of hydrogen-bond acceptors (Lipinski definition) is 4. The highest BCUT2D eigenvalue weighted by Gasteiger charge is 2.31. The zero-order valence-corrected chi connectivity index (χ0v) is 14.3. The van der Waals surface area contributed by atoms with Gasteiger partial charge in [0.05, 0.1) is 6.20 Å². The number of rotatable bonds is 5. The number of amides is 1. The minimum absolute atomic E-state index is 0.151. The number of carboxylic acids is 1. The van der Waals surface area contributed by atoms with E-state index in [1.54, 1.807) is 6.20 Å². The fourth-order valence-electron chi connectivity index (χ4n) is 3.12. The van der Waals surface area contributed by atoms with E-state index in [1.165, 1.54) is 10.5 Å². The minimum atomic E-state index is -0.925. The molecule has 1 aromatic heterocycles. The molecule has 0 bridgehead atoms. The van der Waals surface area contributed by atoms with E-state index < -0.39 is 12.0 Å². The highest BCUT2D eigenvalue weighted by molar-refractivity contribution is 5.84. The van der Waals surface area contributed by atoms with Gasteiger partial charge in [-0.3, -0.25) is 4.79 Å². The molecule has 3 rings (SSSR count). The van der Waals surface area contributed by atoms with Crippen molar-refractivity contribution in [3.05, 3.63) is 41.9 Å². The van der Waals surface area contributed by atoms with Gasteiger partial charge in [0.2, 0.25) is 5.91 Å². The highest BCUT2D eigenvalue weighted by Crippen LogP contribution is 2.22. The Morgan fingerprint density at radius 3 is 2.76 bits per heavy atom. The van der Waals surface area contributed by atoms with Crippen molar-refractivity contribution in [2.45, 2.75) is 45.1 Å². The summed E-state index contributed by atoms with van der Waals surface area (Å²) in [5.74, 6) is 0.0876. The van der Waals surface area contributed by atoms with Gasteiger partial charge in [-0.1, -0.05) is 29.8 Å². The van der Waals surface area contributed by atoms with E-state index in [4.69, 9.17) is 4.42 Å². The summed E-state index contributed by atoms with van der Waals surface area (Å²) < 4.78 is 5.72. The van der Waals surface area contributed by atoms with Gasteiger partial charge >= 0.3 is 5.97 Å². The molecule has 1 aliphatic heterocycles. The van der Waals surface area contributed by atoms with Crippen LogP contribution in [0.1, 0.15) is 37.1 Å². The Morgan fingerprint density at radius 2 is 2.04 bits per heavy atom. The van der Waals surface area contributed by atoms with E-state index in [2.05, 4.69) is 4.98 Å². The second-order valence-corrected chi connectivity index (χ2v) is 6.42. The predicted octanol–water partition coefficient (Wildman–Crippen LogP) is 3.05. The van der Waals surface area contributed by atoms with E-state index in [9.17, 15) is 14.7 Å². The molecule has 1 saturated heterocycles. The second kappa shape index (κ2) is 7.51. The summed E-state index contributed by atoms with van der Waals surface area (Å²) >= 11 is 0. The van der Waals surface area contributed by atoms with Crippen LogP contribution in [-0.4, -0.2) is 39.5 Å². The van der Waals surface area contributed by atoms with Crippen LogP contribution in [-0.2, 0) is 16.0 Å². The number of carbonyl (C=O) groups is 2. The average molecular weight is 342 g/mol. The van der Waals surface area contributed by atoms with Crippen LogP contribution in [0.2, 0.25) is 0 Å². The molecule has 1 N–H and O–H groups in total. The SMILES string of the molecule is Cc1ccc(-c2cnc(CCC(=O)N3CCCC[C@@H]3C(=O)O)o2)cc1. The minimum Gasteiger partial charge on any atom is -0.480 e. The van der Waals surface area contributed by atoms with Crippen molar-refractivity contribution in [1.82, 2.24) is 9.88 Å². The molecule has 6 heteroatoms. The Hall–Kier alpha value is -2.63. The molecule has 0 aliphatic carbocycles. The molecule has 1 aromatic carbocycles. The third-order valence-corrected chi connectivity index (χ3v) is 4.55. The van der Waals surface area contributed by atoms with Crippen LogP contribution in [0.5, 0.6) is 0 Å². The van der Waals surface area contributed by atoms with Crippen molar-refractivity contribution in [2.75, 3.05) is 6.54 Å². The maximum Gasteiger partial charge on any atom is 0.326 e. The summed E-state index contributed by atoms with van der Waals surface area (Å²) in [4.78, 5) is 29.4. The molecule has 2 heterocycles. The van der Waals surface area contributed by atoms with Crippen LogP contribution in [0.15, 0.2) is 34.9 Å². The zero-order valence-electron chi connectivity index (χ0n) is 14.3. The Morgan fingerprint density at radius 1 is 1.28 bits per heavy atom. The van der Waals surface area contributed by atoms with Crippen molar-refractivity contribution in [3.8, 4) is 11.3 Å². The third kappa shape index (κ3) is 4.07. The van der Waals surface area contributed by atoms with Gasteiger partial charge in [-0.2, -0.15) is 0 Å². The molecule has 0 spiro atoms. The first-order chi connectivity index (χ1) is 12.0. The number of carbonyl (C=O) groups excluding carboxylic acids is 1. The second-order valence-electron chi connectivity index (χ2n) is 6.42. The number of benzene rings is 1. The van der Waals surface area contributed by atoms with Crippen LogP contribution in [0, 0.1) is 6.92 Å². The summed E-state index contributed by atoms with van der Waals surface area (Å²) in [6.45, 7) is 2.53. The summed E-state index contributed by atoms with van der Waals surface area (Å²) in [6, 6.07) is 7.24. The van der Waals surface area contributed by atoms with Gasteiger partial charge < -0.3 is 14.4 Å². The molecular formula is C19H22N2O4. The number of hydrogen-bond donors (Lipinski definition) is 1. The lowest BCUT2D eigenvalue weighted by atomic mass is 10.0. The summed E-state index contributed by atoms with van der Waals surface area (Å²) in [5.41, 5.74) is 2.11. The zero-order chi connectivity index (χ0) is 17.8. The van der Waals surface area contributed by atoms with E-state index >= 15 is 0 Å². The van der Waals surface area contributed by atoms with Gasteiger partial charge in [0.25, 0.3) is 0 Å². The first-order valence-corrected chi connectivity index (χ1v) is 8.58. The Labute approximate surface area is 146 Å². The van der Waals surface area contributed by atoms with Gasteiger partial charge in [0.15, 0.2) is 11.7 Å². The largest absolute Gasteiger partial charge is 0.480 e. The molecular weight excluding hydrogens is 320 g/mol. The first-order valence-electron chi connectivity index (χ1n) is 8.58. The average Bonchev–Trinajstić information content (AvgIpc) is 3.09. The number of oxazole rings is 1. The third-order valence-electron chi connectivity index (χ3n) is 4.55. The maximum atomic E-state index is 12.4. The Kier molecular flexibility index (Phi) is 5.16. The van der Waals surface area contributed by atoms with E-state index in [0.29, 0.717) is 31.0 Å². The van der Waals surface area contributed by atoms with Crippen molar-refractivity contribution < 1.29 is 19.1 Å². The van der Waals surface area contributed by atoms with E-state index in [1.807, 2.05) is 31.2 Å². The number of carboxylic acid groups (broad SMARTS) is 1. The molecule has 2 aromatic rings. The lowest BCUT2D eigenvalue weighted by Gasteiger charge is -2.32. The van der Waals surface area contributed by atoms with Crippen LogP contribution in [0.3, 0.4) is 0 Å². The summed E-state index contributed by atoms with van der Waals surface area (Å²) in [5, 5.41) is 9.27. The van der Waals surface area contributed by atoms with Crippen molar-refractivity contribution >= 4 is 11.9 Å². The molecule has 1 aliphatic rings. The van der Waals surface area contributed by atoms with Crippen molar-refractivity contribution in [3.63, 3.8) is 0 Å². The van der Waals surface area contributed by atoms with Crippen LogP contribution in [0.25, 0.3) is 11.3 Å². The van der Waals surface area contributed by atoms with Crippen LogP contribution < -0.4 is 0 Å². The molecule has 1 atom stereocenters. The molecule has 6 nitrogen and oxygen atoms in total. The Balaban J connectivity index is 1.61. The topological polar surface area (TPSA) is 83.6 Å². The lowest BCUT2D eigenvalue weighted by Crippen LogP contribution is -2.48. The number of aryl methyl sites for hydroxylation is 2. The smallest absolute Gasteiger partial charge is 0.326 e. The molecule has 1 amide bonds. The standard InChI is InChI=1S/C19H22N2O4/c1-13-5-7-14(8-6-13)16-12-20-17(25-16)9-10-18(22)21-11-3-2-4-15(21)19(23)24/h5-8,12,15H,2-4,9-11H2,1H3,(H,23,24)/t15-/m1/s1. The Bertz CT molecular complexity index is 751. The lowest BCUT2D eigenvalue weighted by molar-refractivity contribution is -0.152. The van der Waals surface area contributed by atoms with E-state index in [-0.39, 0.29) is 12.3 Å². The number of piperidine rings is 1. The molecule has 0 radical (unpaired) electrons. The highest BCUT2D eigenvalue weighted by atomic mass is 16.4. The monoisotopic (exact) mass is 342 g/mol. The molecule has 1 fully saturated rings. The van der Waals surface area contributed by atoms with Gasteiger partial charge in [-0.15, -0.1) is 0 Å². The number of likely N-dealkylation sites (tertiary alicyclic amines) is 1. The van der Waals surface area contributed by atoms with Crippen molar-refractivity contribution in [1.29, 1.82) is 0 Å². The van der Waals surface area contributed by atoms with Gasteiger partial charge in [0, 0.05) is 24.9 Å². The predicted molar refractivity (Wildman–Crippen MR) is 92.0 cm³/mol. The molecule has 132 valence electrons. The number of aromatic nitrogens is 1. The molecule has 25 heavy (non-hydrogen) atoms. The van der Waals surface area contributed by atoms with Crippen LogP contribution >= 0.6 is 0 Å². The normalized spacial score (nSPS) is 17.5. The summed E-state index contributed by atoms with van der Waals surface area (Å²) in [7, 11) is 0. The quantitative estimate of drug-likeness (QED) is 0.903. The fraction of sp³-hybridized carbons (Fsp3) is 0.421. The number of nitrogens with zero attached hydrogens (tertiary/aromatic N) is 2. The van der Waals surface area contributed by atoms with E-state index in [0.717, 1.165) is 18.4 Å². The first kappa shape index (κ1) is 17.2. The van der Waals surface area contributed by atoms with Gasteiger partial charge in [0.1, 0.15) is 6.04 Å². The van der Waals surface area contributed by atoms with Gasteiger partial charge in [-0.05, 0) is 26.2 Å². The number of aliphatic carboxylic acids is 1.